The van der Waals surface area contributed by atoms with E-state index in [4.69, 9.17) is 42.1 Å². The first-order valence-corrected chi connectivity index (χ1v) is 10.4. The minimum Gasteiger partial charge on any atom is -0.394 e. The molecule has 3 atom stereocenters. The van der Waals surface area contributed by atoms with Crippen molar-refractivity contribution in [2.75, 3.05) is 39.5 Å². The van der Waals surface area contributed by atoms with Gasteiger partial charge in [-0.05, 0) is 18.2 Å². The number of nitrogens with two attached hydrogens (primary N) is 2. The van der Waals surface area contributed by atoms with Crippen LogP contribution in [0.15, 0.2) is 33.6 Å². The molecule has 0 saturated carbocycles. The summed E-state index contributed by atoms with van der Waals surface area (Å²) >= 11 is 3.17. The number of hydrogen-bond acceptors (Lipinski definition) is 10. The second kappa shape index (κ2) is 19.5. The second-order valence-corrected chi connectivity index (χ2v) is 7.97. The molecule has 1 aromatic rings. The van der Waals surface area contributed by atoms with Crippen LogP contribution in [0.4, 0.5) is 0 Å². The molecular formula is C15H31BrClN3O8S. The van der Waals surface area contributed by atoms with E-state index in [2.05, 4.69) is 20.7 Å². The summed E-state index contributed by atoms with van der Waals surface area (Å²) in [5, 5.41) is 50.2. The zero-order valence-electron chi connectivity index (χ0n) is 15.6. The topological polar surface area (TPSA) is 220 Å². The lowest BCUT2D eigenvalue weighted by Gasteiger charge is -2.09. The van der Waals surface area contributed by atoms with E-state index in [1.165, 1.54) is 12.1 Å². The molecule has 0 heterocycles. The highest BCUT2D eigenvalue weighted by Gasteiger charge is 2.15. The van der Waals surface area contributed by atoms with Crippen molar-refractivity contribution in [3.8, 4) is 0 Å². The molecule has 0 aliphatic carbocycles. The summed E-state index contributed by atoms with van der Waals surface area (Å²) in [7, 11) is -3.64. The van der Waals surface area contributed by atoms with Gasteiger partial charge in [-0.15, -0.1) is 12.4 Å². The molecule has 0 aromatic heterocycles. The number of aliphatic hydroxyl groups is 6. The predicted octanol–water partition coefficient (Wildman–Crippen LogP) is -2.90. The van der Waals surface area contributed by atoms with Gasteiger partial charge >= 0.3 is 0 Å². The Balaban J connectivity index is -0.000000433. The van der Waals surface area contributed by atoms with Crippen LogP contribution < -0.4 is 16.2 Å². The van der Waals surface area contributed by atoms with Crippen LogP contribution in [0, 0.1) is 0 Å². The van der Waals surface area contributed by atoms with Gasteiger partial charge in [0.05, 0.1) is 43.0 Å². The summed E-state index contributed by atoms with van der Waals surface area (Å²) < 4.78 is 26.2. The van der Waals surface area contributed by atoms with Crippen LogP contribution >= 0.6 is 28.3 Å². The Bertz CT molecular complexity index is 597. The smallest absolute Gasteiger partial charge is 0.240 e. The van der Waals surface area contributed by atoms with Crippen molar-refractivity contribution in [3.63, 3.8) is 0 Å². The van der Waals surface area contributed by atoms with Crippen LogP contribution in [0.1, 0.15) is 0 Å². The number of nitrogens with one attached hydrogen (secondary N) is 1. The Morgan fingerprint density at radius 3 is 1.69 bits per heavy atom. The van der Waals surface area contributed by atoms with Crippen molar-refractivity contribution in [3.05, 3.63) is 28.7 Å². The number of benzene rings is 1. The molecule has 3 unspecified atom stereocenters. The van der Waals surface area contributed by atoms with Crippen molar-refractivity contribution >= 4 is 38.4 Å². The van der Waals surface area contributed by atoms with E-state index in [-0.39, 0.29) is 50.2 Å². The van der Waals surface area contributed by atoms with Gasteiger partial charge in [-0.2, -0.15) is 0 Å². The molecule has 11 N–H and O–H groups in total. The van der Waals surface area contributed by atoms with Gasteiger partial charge in [0.1, 0.15) is 0 Å². The van der Waals surface area contributed by atoms with Crippen molar-refractivity contribution < 1.29 is 39.1 Å². The van der Waals surface area contributed by atoms with Gasteiger partial charge in [0.2, 0.25) is 10.0 Å². The van der Waals surface area contributed by atoms with E-state index < -0.39 is 34.9 Å². The minimum absolute atomic E-state index is 0. The maximum absolute atomic E-state index is 11.7. The lowest BCUT2D eigenvalue weighted by atomic mass is 10.4. The zero-order chi connectivity index (χ0) is 22.2. The second-order valence-electron chi connectivity index (χ2n) is 5.29. The fourth-order valence-electron chi connectivity index (χ4n) is 1.14. The molecule has 29 heavy (non-hydrogen) atoms. The van der Waals surface area contributed by atoms with Gasteiger partial charge in [-0.1, -0.05) is 22.0 Å². The lowest BCUT2D eigenvalue weighted by Crippen LogP contribution is -2.33. The minimum atomic E-state index is -3.64. The van der Waals surface area contributed by atoms with E-state index in [0.29, 0.717) is 4.47 Å². The first-order valence-electron chi connectivity index (χ1n) is 8.09. The standard InChI is InChI=1S/C9H12BrNO4S.2C3H9NO2.ClH/c10-7-2-1-3-9(4-7)16(14,15)11-5-8(13)6-12;2*4-1-3(6)2-5;/h1-4,8,11-13H,5-6H2;2*3,5-6H,1-2,4H2;1H. The maximum atomic E-state index is 11.7. The molecule has 174 valence electrons. The fourth-order valence-corrected chi connectivity index (χ4v) is 2.81. The maximum Gasteiger partial charge on any atom is 0.240 e. The van der Waals surface area contributed by atoms with E-state index in [9.17, 15) is 8.42 Å². The third-order valence-corrected chi connectivity index (χ3v) is 4.71. The van der Waals surface area contributed by atoms with Gasteiger partial charge < -0.3 is 42.1 Å². The van der Waals surface area contributed by atoms with Crippen molar-refractivity contribution in [1.29, 1.82) is 0 Å². The van der Waals surface area contributed by atoms with Gasteiger partial charge in [0.25, 0.3) is 0 Å². The Morgan fingerprint density at radius 1 is 0.931 bits per heavy atom. The first-order chi connectivity index (χ1) is 13.1. The Kier molecular flexibility index (Phi) is 22.4. The van der Waals surface area contributed by atoms with Crippen molar-refractivity contribution in [2.24, 2.45) is 11.5 Å². The number of aliphatic hydroxyl groups excluding tert-OH is 6. The van der Waals surface area contributed by atoms with Crippen molar-refractivity contribution in [2.45, 2.75) is 23.2 Å². The van der Waals surface area contributed by atoms with Crippen LogP contribution in [0.2, 0.25) is 0 Å². The first kappa shape index (κ1) is 33.2. The summed E-state index contributed by atoms with van der Waals surface area (Å²) in [4.78, 5) is 0.104. The number of sulfonamides is 1. The highest BCUT2D eigenvalue weighted by molar-refractivity contribution is 9.10. The highest BCUT2D eigenvalue weighted by atomic mass is 79.9. The van der Waals surface area contributed by atoms with Gasteiger partial charge in [0.15, 0.2) is 0 Å². The Morgan fingerprint density at radius 2 is 1.38 bits per heavy atom. The zero-order valence-corrected chi connectivity index (χ0v) is 18.9. The summed E-state index contributed by atoms with van der Waals surface area (Å²) in [6.07, 6.45) is -2.56. The molecule has 14 heteroatoms. The fraction of sp³-hybridized carbons (Fsp3) is 0.600. The van der Waals surface area contributed by atoms with Crippen LogP contribution in [0.3, 0.4) is 0 Å². The Labute approximate surface area is 185 Å². The molecule has 0 radical (unpaired) electrons. The molecule has 11 nitrogen and oxygen atoms in total. The number of halogens is 2. The normalized spacial score (nSPS) is 13.6. The molecule has 0 aliphatic rings. The summed E-state index contributed by atoms with van der Waals surface area (Å²) in [5.74, 6) is 0. The van der Waals surface area contributed by atoms with E-state index in [0.717, 1.165) is 0 Å². The van der Waals surface area contributed by atoms with Crippen LogP contribution in [-0.4, -0.2) is 96.8 Å². The monoisotopic (exact) mass is 527 g/mol. The molecule has 1 aromatic carbocycles. The summed E-state index contributed by atoms with van der Waals surface area (Å²) in [5.41, 5.74) is 9.75. The Hall–Kier alpha value is -0.420. The average Bonchev–Trinajstić information content (AvgIpc) is 2.71. The van der Waals surface area contributed by atoms with Gasteiger partial charge in [-0.3, -0.25) is 0 Å². The van der Waals surface area contributed by atoms with Crippen LogP contribution in [0.25, 0.3) is 0 Å². The molecule has 0 saturated heterocycles. The van der Waals surface area contributed by atoms with Crippen LogP contribution in [-0.2, 0) is 10.0 Å². The quantitative estimate of drug-likeness (QED) is 0.159. The third-order valence-electron chi connectivity index (χ3n) is 2.79. The molecule has 0 fully saturated rings. The third kappa shape index (κ3) is 18.1. The molecule has 0 aliphatic heterocycles. The highest BCUT2D eigenvalue weighted by Crippen LogP contribution is 2.15. The van der Waals surface area contributed by atoms with E-state index in [1.54, 1.807) is 12.1 Å². The van der Waals surface area contributed by atoms with Crippen LogP contribution in [0.5, 0.6) is 0 Å². The van der Waals surface area contributed by atoms with Gasteiger partial charge in [0, 0.05) is 24.1 Å². The average molecular weight is 529 g/mol. The van der Waals surface area contributed by atoms with E-state index in [1.807, 2.05) is 0 Å². The lowest BCUT2D eigenvalue weighted by molar-refractivity contribution is 0.0988. The SMILES string of the molecule is Cl.NCC(O)CO.NCC(O)CO.O=S(=O)(NCC(O)CO)c1cccc(Br)c1. The summed E-state index contributed by atoms with van der Waals surface area (Å²) in [6.45, 7) is -0.910. The van der Waals surface area contributed by atoms with Gasteiger partial charge in [-0.25, -0.2) is 13.1 Å². The predicted molar refractivity (Wildman–Crippen MR) is 114 cm³/mol. The number of hydrogen-bond donors (Lipinski definition) is 9. The molecule has 1 rings (SSSR count). The molecule has 0 amide bonds. The number of rotatable bonds is 9. The summed E-state index contributed by atoms with van der Waals surface area (Å²) in [6, 6.07) is 6.20. The molecular weight excluding hydrogens is 498 g/mol. The molecule has 0 bridgehead atoms. The van der Waals surface area contributed by atoms with E-state index >= 15 is 0 Å². The van der Waals surface area contributed by atoms with Crippen molar-refractivity contribution in [1.82, 2.24) is 4.72 Å². The molecule has 0 spiro atoms. The largest absolute Gasteiger partial charge is 0.394 e.